The van der Waals surface area contributed by atoms with Crippen LogP contribution in [-0.2, 0) is 11.3 Å². The average Bonchev–Trinajstić information content (AvgIpc) is 3.58. The molecule has 1 aliphatic rings. The fourth-order valence-corrected chi connectivity index (χ4v) is 5.17. The molecule has 0 fully saturated rings. The predicted molar refractivity (Wildman–Crippen MR) is 121 cm³/mol. The highest BCUT2D eigenvalue weighted by Crippen LogP contribution is 2.37. The first-order chi connectivity index (χ1) is 15.7. The van der Waals surface area contributed by atoms with Crippen molar-refractivity contribution in [2.75, 3.05) is 0 Å². The molecule has 6 rings (SSSR count). The van der Waals surface area contributed by atoms with E-state index in [1.54, 1.807) is 17.5 Å². The number of aliphatic carboxylic acids is 1. The number of pyridine rings is 1. The van der Waals surface area contributed by atoms with Gasteiger partial charge in [0.15, 0.2) is 0 Å². The first kappa shape index (κ1) is 18.9. The number of fused-ring (bicyclic) bond motifs is 3. The van der Waals surface area contributed by atoms with Gasteiger partial charge in [-0.15, -0.1) is 11.3 Å². The summed E-state index contributed by atoms with van der Waals surface area (Å²) in [5, 5.41) is 16.5. The van der Waals surface area contributed by atoms with E-state index in [1.807, 2.05) is 41.9 Å². The summed E-state index contributed by atoms with van der Waals surface area (Å²) in [6.07, 6.45) is 4.57. The van der Waals surface area contributed by atoms with Crippen molar-refractivity contribution >= 4 is 28.2 Å². The molecule has 1 aromatic carbocycles. The molecule has 32 heavy (non-hydrogen) atoms. The summed E-state index contributed by atoms with van der Waals surface area (Å²) in [4.78, 5) is 21.2. The molecule has 0 radical (unpaired) electrons. The number of carboxylic acid groups (broad SMARTS) is 1. The van der Waals surface area contributed by atoms with Crippen molar-refractivity contribution in [3.63, 3.8) is 0 Å². The van der Waals surface area contributed by atoms with Crippen molar-refractivity contribution in [2.45, 2.75) is 25.3 Å². The van der Waals surface area contributed by atoms with E-state index in [1.165, 1.54) is 0 Å². The minimum Gasteiger partial charge on any atom is -0.481 e. The summed E-state index contributed by atoms with van der Waals surface area (Å²) in [5.41, 5.74) is 4.83. The number of aromatic nitrogens is 4. The van der Waals surface area contributed by atoms with E-state index in [2.05, 4.69) is 31.8 Å². The van der Waals surface area contributed by atoms with Crippen molar-refractivity contribution < 1.29 is 14.4 Å². The molecular weight excluding hydrogens is 424 g/mol. The van der Waals surface area contributed by atoms with E-state index in [9.17, 15) is 9.90 Å². The molecule has 1 unspecified atom stereocenters. The Kier molecular flexibility index (Phi) is 4.39. The highest BCUT2D eigenvalue weighted by atomic mass is 32.1. The zero-order chi connectivity index (χ0) is 21.7. The van der Waals surface area contributed by atoms with Crippen LogP contribution >= 0.6 is 11.3 Å². The molecule has 0 saturated heterocycles. The molecule has 0 saturated carbocycles. The lowest BCUT2D eigenvalue weighted by Crippen LogP contribution is -2.02. The maximum atomic E-state index is 11.2. The monoisotopic (exact) mass is 442 g/mol. The fourth-order valence-electron chi connectivity index (χ4n) is 4.46. The van der Waals surface area contributed by atoms with Crippen LogP contribution in [0.2, 0.25) is 0 Å². The van der Waals surface area contributed by atoms with Crippen LogP contribution in [-0.4, -0.2) is 30.8 Å². The second-order valence-corrected chi connectivity index (χ2v) is 8.89. The molecule has 1 aliphatic heterocycles. The van der Waals surface area contributed by atoms with Crippen molar-refractivity contribution in [1.82, 2.24) is 19.7 Å². The fraction of sp³-hybridized carbons (Fsp3) is 0.167. The minimum absolute atomic E-state index is 0.0586. The topological polar surface area (TPSA) is 94.0 Å². The molecule has 0 spiro atoms. The van der Waals surface area contributed by atoms with E-state index < -0.39 is 5.97 Å². The van der Waals surface area contributed by atoms with Gasteiger partial charge < -0.3 is 14.2 Å². The number of aryl methyl sites for hydroxylation is 1. The van der Waals surface area contributed by atoms with E-state index in [4.69, 9.17) is 4.52 Å². The number of benzene rings is 1. The first-order valence-electron chi connectivity index (χ1n) is 10.3. The summed E-state index contributed by atoms with van der Waals surface area (Å²) in [6.45, 7) is 0.843. The van der Waals surface area contributed by atoms with Gasteiger partial charge in [0.2, 0.25) is 5.82 Å². The van der Waals surface area contributed by atoms with Crippen LogP contribution in [0.15, 0.2) is 64.8 Å². The normalized spacial score (nSPS) is 15.3. The van der Waals surface area contributed by atoms with Gasteiger partial charge in [-0.05, 0) is 48.2 Å². The summed E-state index contributed by atoms with van der Waals surface area (Å²) in [5.74, 6) is 0.235. The van der Waals surface area contributed by atoms with Crippen LogP contribution in [0, 0.1) is 0 Å². The lowest BCUT2D eigenvalue weighted by molar-refractivity contribution is -0.137. The lowest BCUT2D eigenvalue weighted by atomic mass is 10.0. The van der Waals surface area contributed by atoms with Gasteiger partial charge in [0, 0.05) is 57.5 Å². The summed E-state index contributed by atoms with van der Waals surface area (Å²) >= 11 is 1.65. The zero-order valence-corrected chi connectivity index (χ0v) is 17.7. The zero-order valence-electron chi connectivity index (χ0n) is 16.9. The van der Waals surface area contributed by atoms with Crippen LogP contribution in [0.4, 0.5) is 0 Å². The Bertz CT molecular complexity index is 1450. The smallest absolute Gasteiger partial charge is 0.304 e. The molecule has 8 heteroatoms. The molecule has 0 bridgehead atoms. The Labute approximate surface area is 187 Å². The Balaban J connectivity index is 1.33. The number of rotatable bonds is 5. The highest BCUT2D eigenvalue weighted by Gasteiger charge is 2.27. The standard InChI is InChI=1S/C24H18N4O3S/c29-22(30)11-14-5-6-28-19-4-3-15(8-16(19)10-20(14)28)23-26-24(31-27-23)18-9-17(12-25-13-18)21-2-1-7-32-21/h1-4,7-10,12-14H,5-6,11H2,(H,29,30). The molecule has 158 valence electrons. The second kappa shape index (κ2) is 7.42. The Morgan fingerprint density at radius 3 is 2.91 bits per heavy atom. The van der Waals surface area contributed by atoms with Crippen LogP contribution in [0.1, 0.15) is 24.5 Å². The SMILES string of the molecule is O=C(O)CC1CCn2c1cc1cc(-c3noc(-c4cncc(-c5cccs5)c4)n3)ccc12. The lowest BCUT2D eigenvalue weighted by Gasteiger charge is -2.04. The van der Waals surface area contributed by atoms with Gasteiger partial charge in [-0.1, -0.05) is 11.2 Å². The first-order valence-corrected chi connectivity index (χ1v) is 11.2. The van der Waals surface area contributed by atoms with Gasteiger partial charge in [-0.25, -0.2) is 0 Å². The van der Waals surface area contributed by atoms with Crippen molar-refractivity contribution in [1.29, 1.82) is 0 Å². The van der Waals surface area contributed by atoms with Crippen LogP contribution in [0.5, 0.6) is 0 Å². The van der Waals surface area contributed by atoms with E-state index in [0.29, 0.717) is 11.7 Å². The largest absolute Gasteiger partial charge is 0.481 e. The third kappa shape index (κ3) is 3.20. The summed E-state index contributed by atoms with van der Waals surface area (Å²) in [6, 6.07) is 14.2. The average molecular weight is 443 g/mol. The number of carbonyl (C=O) groups is 1. The number of thiophene rings is 1. The molecular formula is C24H18N4O3S. The molecule has 4 aromatic heterocycles. The minimum atomic E-state index is -0.758. The number of carboxylic acids is 1. The van der Waals surface area contributed by atoms with Crippen molar-refractivity contribution in [3.8, 4) is 33.3 Å². The number of hydrogen-bond acceptors (Lipinski definition) is 6. The quantitative estimate of drug-likeness (QED) is 0.389. The van der Waals surface area contributed by atoms with Gasteiger partial charge in [-0.3, -0.25) is 9.78 Å². The molecule has 1 N–H and O–H groups in total. The van der Waals surface area contributed by atoms with Gasteiger partial charge in [-0.2, -0.15) is 4.98 Å². The van der Waals surface area contributed by atoms with Crippen LogP contribution in [0.3, 0.4) is 0 Å². The third-order valence-corrected chi connectivity index (χ3v) is 6.87. The number of nitrogens with zero attached hydrogens (tertiary/aromatic N) is 4. The molecule has 0 aliphatic carbocycles. The molecule has 0 amide bonds. The van der Waals surface area contributed by atoms with Gasteiger partial charge >= 0.3 is 5.97 Å². The van der Waals surface area contributed by atoms with E-state index in [-0.39, 0.29) is 12.3 Å². The molecule has 5 aromatic rings. The van der Waals surface area contributed by atoms with Crippen molar-refractivity contribution in [3.05, 3.63) is 65.9 Å². The van der Waals surface area contributed by atoms with Gasteiger partial charge in [0.05, 0.1) is 12.0 Å². The Morgan fingerprint density at radius 1 is 1.16 bits per heavy atom. The second-order valence-electron chi connectivity index (χ2n) is 7.94. The van der Waals surface area contributed by atoms with E-state index in [0.717, 1.165) is 51.1 Å². The van der Waals surface area contributed by atoms with Gasteiger partial charge in [0.1, 0.15) is 0 Å². The van der Waals surface area contributed by atoms with Crippen LogP contribution < -0.4 is 0 Å². The van der Waals surface area contributed by atoms with Crippen molar-refractivity contribution in [2.24, 2.45) is 0 Å². The third-order valence-electron chi connectivity index (χ3n) is 5.95. The molecule has 7 nitrogen and oxygen atoms in total. The van der Waals surface area contributed by atoms with E-state index >= 15 is 0 Å². The summed E-state index contributed by atoms with van der Waals surface area (Å²) in [7, 11) is 0. The van der Waals surface area contributed by atoms with Gasteiger partial charge in [0.25, 0.3) is 5.89 Å². The van der Waals surface area contributed by atoms with Crippen LogP contribution in [0.25, 0.3) is 44.2 Å². The molecule has 1 atom stereocenters. The Hall–Kier alpha value is -3.78. The maximum absolute atomic E-state index is 11.2. The maximum Gasteiger partial charge on any atom is 0.304 e. The molecule has 5 heterocycles. The highest BCUT2D eigenvalue weighted by molar-refractivity contribution is 7.13. The summed E-state index contributed by atoms with van der Waals surface area (Å²) < 4.78 is 7.76. The predicted octanol–water partition coefficient (Wildman–Crippen LogP) is 5.44. The Morgan fingerprint density at radius 2 is 2.06 bits per heavy atom. The number of hydrogen-bond donors (Lipinski definition) is 1.